The van der Waals surface area contributed by atoms with Crippen molar-refractivity contribution in [1.29, 1.82) is 5.41 Å². The van der Waals surface area contributed by atoms with Gasteiger partial charge in [0.25, 0.3) is 5.91 Å². The number of amidine groups is 1. The summed E-state index contributed by atoms with van der Waals surface area (Å²) in [6.07, 6.45) is 4.74. The number of fused-ring (bicyclic) bond motifs is 1. The van der Waals surface area contributed by atoms with Gasteiger partial charge in [0, 0.05) is 23.4 Å². The largest absolute Gasteiger partial charge is 0.463 e. The van der Waals surface area contributed by atoms with Gasteiger partial charge < -0.3 is 25.3 Å². The summed E-state index contributed by atoms with van der Waals surface area (Å²) in [7, 11) is 0. The first-order chi connectivity index (χ1) is 14.0. The van der Waals surface area contributed by atoms with Crippen LogP contribution >= 0.6 is 0 Å². The van der Waals surface area contributed by atoms with Crippen LogP contribution in [0.1, 0.15) is 54.6 Å². The molecule has 1 aliphatic rings. The Hall–Kier alpha value is -2.87. The number of ether oxygens (including phenoxy) is 1. The van der Waals surface area contributed by atoms with Gasteiger partial charge in [0.2, 0.25) is 0 Å². The Morgan fingerprint density at radius 1 is 1.24 bits per heavy atom. The van der Waals surface area contributed by atoms with E-state index in [0.29, 0.717) is 23.5 Å². The van der Waals surface area contributed by atoms with Crippen molar-refractivity contribution in [3.8, 4) is 0 Å². The van der Waals surface area contributed by atoms with E-state index in [-0.39, 0.29) is 42.7 Å². The molecule has 5 N–H and O–H groups in total. The highest BCUT2D eigenvalue weighted by atomic mass is 16.5. The van der Waals surface area contributed by atoms with E-state index < -0.39 is 0 Å². The maximum absolute atomic E-state index is 12.5. The van der Waals surface area contributed by atoms with E-state index in [1.807, 2.05) is 0 Å². The van der Waals surface area contributed by atoms with Crippen molar-refractivity contribution in [2.75, 3.05) is 13.2 Å². The summed E-state index contributed by atoms with van der Waals surface area (Å²) < 4.78 is 10.5. The number of aliphatic hydroxyl groups is 1. The molecule has 0 saturated heterocycles. The lowest BCUT2D eigenvalue weighted by Gasteiger charge is -2.28. The first kappa shape index (κ1) is 20.9. The van der Waals surface area contributed by atoms with Crippen molar-refractivity contribution in [1.82, 2.24) is 5.32 Å². The van der Waals surface area contributed by atoms with Gasteiger partial charge in [-0.2, -0.15) is 0 Å². The highest BCUT2D eigenvalue weighted by Gasteiger charge is 2.24. The number of carbonyl (C=O) groups is 2. The van der Waals surface area contributed by atoms with Crippen LogP contribution < -0.4 is 11.1 Å². The fourth-order valence-electron chi connectivity index (χ4n) is 3.73. The molecule has 3 rings (SSSR count). The van der Waals surface area contributed by atoms with Gasteiger partial charge in [0.1, 0.15) is 18.0 Å². The zero-order valence-corrected chi connectivity index (χ0v) is 16.3. The average molecular weight is 401 g/mol. The van der Waals surface area contributed by atoms with Crippen LogP contribution in [0.4, 0.5) is 0 Å². The lowest BCUT2D eigenvalue weighted by Crippen LogP contribution is -2.37. The molecular formula is C21H27N3O5. The molecule has 1 heterocycles. The maximum atomic E-state index is 12.5. The minimum atomic E-state index is -0.271. The number of aliphatic hydroxyl groups excluding tert-OH is 1. The van der Waals surface area contributed by atoms with Crippen molar-refractivity contribution >= 4 is 28.7 Å². The first-order valence-corrected chi connectivity index (χ1v) is 9.91. The number of carbonyl (C=O) groups excluding carboxylic acids is 2. The van der Waals surface area contributed by atoms with Crippen LogP contribution in [0.25, 0.3) is 11.0 Å². The van der Waals surface area contributed by atoms with Gasteiger partial charge in [-0.05, 0) is 62.3 Å². The lowest BCUT2D eigenvalue weighted by molar-refractivity contribution is -0.145. The van der Waals surface area contributed by atoms with Crippen LogP contribution in [0.2, 0.25) is 0 Å². The Kier molecular flexibility index (Phi) is 6.87. The minimum absolute atomic E-state index is 0.0301. The van der Waals surface area contributed by atoms with Crippen LogP contribution in [0, 0.1) is 11.3 Å². The van der Waals surface area contributed by atoms with Crippen LogP contribution in [-0.2, 0) is 9.53 Å². The second kappa shape index (κ2) is 9.56. The number of hydrogen-bond acceptors (Lipinski definition) is 6. The van der Waals surface area contributed by atoms with Gasteiger partial charge >= 0.3 is 5.97 Å². The predicted molar refractivity (Wildman–Crippen MR) is 108 cm³/mol. The van der Waals surface area contributed by atoms with E-state index in [4.69, 9.17) is 25.4 Å². The van der Waals surface area contributed by atoms with E-state index in [2.05, 4.69) is 5.32 Å². The third-order valence-corrected chi connectivity index (χ3v) is 5.34. The van der Waals surface area contributed by atoms with Crippen molar-refractivity contribution < 1.29 is 23.8 Å². The third kappa shape index (κ3) is 5.57. The number of nitrogens with two attached hydrogens (primary N) is 1. The second-order valence-corrected chi connectivity index (χ2v) is 7.45. The number of furan rings is 1. The molecule has 0 bridgehead atoms. The molecule has 8 nitrogen and oxygen atoms in total. The van der Waals surface area contributed by atoms with Gasteiger partial charge in [0.05, 0.1) is 6.61 Å². The van der Waals surface area contributed by atoms with Gasteiger partial charge in [-0.25, -0.2) is 0 Å². The number of hydrogen-bond donors (Lipinski definition) is 4. The molecule has 0 atom stereocenters. The Balaban J connectivity index is 1.48. The highest BCUT2D eigenvalue weighted by molar-refractivity contribution is 6.00. The second-order valence-electron chi connectivity index (χ2n) is 7.45. The molecule has 156 valence electrons. The van der Waals surface area contributed by atoms with E-state index in [1.165, 1.54) is 0 Å². The fraction of sp³-hybridized carbons (Fsp3) is 0.476. The molecule has 1 aromatic carbocycles. The molecule has 0 unspecified atom stereocenters. The number of amides is 1. The molecule has 0 radical (unpaired) electrons. The molecule has 0 spiro atoms. The van der Waals surface area contributed by atoms with Crippen LogP contribution in [0.5, 0.6) is 0 Å². The van der Waals surface area contributed by atoms with Gasteiger partial charge in [-0.3, -0.25) is 15.0 Å². The normalized spacial score (nSPS) is 19.1. The minimum Gasteiger partial charge on any atom is -0.463 e. The number of nitrogen functional groups attached to an aromatic ring is 1. The quantitative estimate of drug-likeness (QED) is 0.304. The maximum Gasteiger partial charge on any atom is 0.305 e. The Bertz CT molecular complexity index is 884. The topological polar surface area (TPSA) is 139 Å². The highest BCUT2D eigenvalue weighted by Crippen LogP contribution is 2.28. The fourth-order valence-corrected chi connectivity index (χ4v) is 3.73. The third-order valence-electron chi connectivity index (χ3n) is 5.34. The first-order valence-electron chi connectivity index (χ1n) is 9.91. The molecule has 2 aromatic rings. The summed E-state index contributed by atoms with van der Waals surface area (Å²) >= 11 is 0. The smallest absolute Gasteiger partial charge is 0.305 e. The summed E-state index contributed by atoms with van der Waals surface area (Å²) in [5, 5.41) is 19.9. The Morgan fingerprint density at radius 2 is 2.00 bits per heavy atom. The van der Waals surface area contributed by atoms with Gasteiger partial charge in [-0.1, -0.05) is 0 Å². The zero-order valence-electron chi connectivity index (χ0n) is 16.3. The number of rotatable bonds is 8. The van der Waals surface area contributed by atoms with Crippen LogP contribution in [-0.4, -0.2) is 42.1 Å². The summed E-state index contributed by atoms with van der Waals surface area (Å²) in [4.78, 5) is 24.1. The average Bonchev–Trinajstić information content (AvgIpc) is 3.15. The molecule has 1 saturated carbocycles. The van der Waals surface area contributed by atoms with Gasteiger partial charge in [0.15, 0.2) is 5.76 Å². The summed E-state index contributed by atoms with van der Waals surface area (Å²) in [5.41, 5.74) is 6.67. The van der Waals surface area contributed by atoms with Crippen molar-refractivity contribution in [3.63, 3.8) is 0 Å². The predicted octanol–water partition coefficient (Wildman–Crippen LogP) is 2.32. The van der Waals surface area contributed by atoms with Crippen molar-refractivity contribution in [2.24, 2.45) is 11.7 Å². The molecule has 0 aliphatic heterocycles. The zero-order chi connectivity index (χ0) is 20.8. The Labute approximate surface area is 168 Å². The van der Waals surface area contributed by atoms with Gasteiger partial charge in [-0.15, -0.1) is 0 Å². The van der Waals surface area contributed by atoms with Crippen LogP contribution in [0.15, 0.2) is 28.7 Å². The number of nitrogens with one attached hydrogen (secondary N) is 2. The molecular weight excluding hydrogens is 374 g/mol. The molecule has 1 aromatic heterocycles. The monoisotopic (exact) mass is 401 g/mol. The molecule has 8 heteroatoms. The SMILES string of the molecule is N=C(N)c1ccc2oc(C(=O)N[C@H]3CC[C@H](CCC(=O)OCCO)CC3)cc2c1. The molecule has 1 aliphatic carbocycles. The van der Waals surface area contributed by atoms with Crippen molar-refractivity contribution in [2.45, 2.75) is 44.6 Å². The summed E-state index contributed by atoms with van der Waals surface area (Å²) in [5.74, 6) is 0.141. The molecule has 29 heavy (non-hydrogen) atoms. The molecule has 1 amide bonds. The molecule has 1 fully saturated rings. The summed E-state index contributed by atoms with van der Waals surface area (Å²) in [6, 6.07) is 6.88. The van der Waals surface area contributed by atoms with E-state index in [9.17, 15) is 9.59 Å². The van der Waals surface area contributed by atoms with Crippen LogP contribution in [0.3, 0.4) is 0 Å². The summed E-state index contributed by atoms with van der Waals surface area (Å²) in [6.45, 7) is -0.102. The van der Waals surface area contributed by atoms with E-state index in [0.717, 1.165) is 37.5 Å². The van der Waals surface area contributed by atoms with E-state index >= 15 is 0 Å². The standard InChI is InChI=1S/C21H27N3O5/c22-20(23)14-4-7-17-15(11-14)12-18(29-17)21(27)24-16-5-1-13(2-6-16)3-8-19(26)28-10-9-25/h4,7,11-13,16,25H,1-3,5-6,8-10H2,(H3,22,23)(H,24,27)/t13-,16-. The van der Waals surface area contributed by atoms with Crippen molar-refractivity contribution in [3.05, 3.63) is 35.6 Å². The Morgan fingerprint density at radius 3 is 2.69 bits per heavy atom. The van der Waals surface area contributed by atoms with E-state index in [1.54, 1.807) is 24.3 Å². The number of benzene rings is 1. The lowest BCUT2D eigenvalue weighted by atomic mass is 9.83. The number of esters is 1.